The van der Waals surface area contributed by atoms with Crippen molar-refractivity contribution in [2.75, 3.05) is 4.31 Å². The van der Waals surface area contributed by atoms with Gasteiger partial charge in [0.1, 0.15) is 10.7 Å². The van der Waals surface area contributed by atoms with E-state index >= 15 is 0 Å². The molecular weight excluding hydrogens is 507 g/mol. The molecule has 0 saturated heterocycles. The topological polar surface area (TPSA) is 77.3 Å². The van der Waals surface area contributed by atoms with Crippen LogP contribution in [0.25, 0.3) is 16.7 Å². The van der Waals surface area contributed by atoms with Gasteiger partial charge in [-0.3, -0.25) is 9.55 Å². The molecule has 13 heteroatoms. The van der Waals surface area contributed by atoms with Gasteiger partial charge in [-0.25, -0.2) is 17.7 Å². The number of rotatable bonds is 7. The third-order valence-corrected chi connectivity index (χ3v) is 7.74. The SMILES string of the molecule is O=S(=O)(c1cccnc1)N(c1c(OC(F)F)c2ccccc2n1-c1ccccn1)C1(C(F)(F)F)CC1. The van der Waals surface area contributed by atoms with Crippen LogP contribution in [-0.4, -0.2) is 41.3 Å². The Bertz CT molecular complexity index is 1510. The van der Waals surface area contributed by atoms with Crippen LogP contribution >= 0.6 is 0 Å². The summed E-state index contributed by atoms with van der Waals surface area (Å²) < 4.78 is 105. The van der Waals surface area contributed by atoms with Crippen LogP contribution < -0.4 is 9.04 Å². The summed E-state index contributed by atoms with van der Waals surface area (Å²) in [5.74, 6) is -1.43. The predicted molar refractivity (Wildman–Crippen MR) is 120 cm³/mol. The lowest BCUT2D eigenvalue weighted by molar-refractivity contribution is -0.155. The van der Waals surface area contributed by atoms with Crippen molar-refractivity contribution in [2.24, 2.45) is 0 Å². The fourth-order valence-electron chi connectivity index (χ4n) is 4.17. The monoisotopic (exact) mass is 524 g/mol. The summed E-state index contributed by atoms with van der Waals surface area (Å²) in [5, 5.41) is -0.0113. The van der Waals surface area contributed by atoms with E-state index in [0.29, 0.717) is 0 Å². The molecule has 0 unspecified atom stereocenters. The minimum atomic E-state index is -5.03. The maximum absolute atomic E-state index is 14.5. The molecule has 3 aromatic heterocycles. The van der Waals surface area contributed by atoms with E-state index in [2.05, 4.69) is 9.97 Å². The Morgan fingerprint density at radius 1 is 1.00 bits per heavy atom. The van der Waals surface area contributed by atoms with Gasteiger partial charge in [-0.1, -0.05) is 18.2 Å². The third-order valence-electron chi connectivity index (χ3n) is 5.89. The number of benzene rings is 1. The smallest absolute Gasteiger partial charge is 0.412 e. The molecule has 0 amide bonds. The van der Waals surface area contributed by atoms with Gasteiger partial charge in [-0.05, 0) is 49.2 Å². The number of hydrogen-bond donors (Lipinski definition) is 0. The van der Waals surface area contributed by atoms with E-state index in [1.54, 1.807) is 6.07 Å². The van der Waals surface area contributed by atoms with Crippen LogP contribution in [0.4, 0.5) is 27.8 Å². The molecule has 1 aliphatic carbocycles. The van der Waals surface area contributed by atoms with Gasteiger partial charge in [0.15, 0.2) is 17.1 Å². The first-order valence-electron chi connectivity index (χ1n) is 10.6. The summed E-state index contributed by atoms with van der Waals surface area (Å²) in [6.07, 6.45) is -2.68. The minimum Gasteiger partial charge on any atom is -0.430 e. The normalized spacial score (nSPS) is 15.3. The Kier molecular flexibility index (Phi) is 5.62. The summed E-state index contributed by atoms with van der Waals surface area (Å²) in [6.45, 7) is -3.45. The lowest BCUT2D eigenvalue weighted by atomic mass is 10.2. The van der Waals surface area contributed by atoms with E-state index < -0.39 is 57.7 Å². The first-order valence-corrected chi connectivity index (χ1v) is 12.0. The Morgan fingerprint density at radius 2 is 1.72 bits per heavy atom. The van der Waals surface area contributed by atoms with E-state index in [4.69, 9.17) is 4.74 Å². The molecule has 0 atom stereocenters. The number of alkyl halides is 5. The highest BCUT2D eigenvalue weighted by molar-refractivity contribution is 7.93. The zero-order valence-corrected chi connectivity index (χ0v) is 19.0. The van der Waals surface area contributed by atoms with Crippen molar-refractivity contribution in [2.45, 2.75) is 36.1 Å². The van der Waals surface area contributed by atoms with Crippen molar-refractivity contribution in [3.8, 4) is 11.6 Å². The maximum Gasteiger partial charge on any atom is 0.412 e. The van der Waals surface area contributed by atoms with Crippen LogP contribution in [0.15, 0.2) is 78.1 Å². The predicted octanol–water partition coefficient (Wildman–Crippen LogP) is 5.31. The highest BCUT2D eigenvalue weighted by Gasteiger charge is 2.71. The van der Waals surface area contributed by atoms with Crippen LogP contribution in [0.5, 0.6) is 5.75 Å². The second-order valence-electron chi connectivity index (χ2n) is 8.06. The lowest BCUT2D eigenvalue weighted by Gasteiger charge is -2.35. The van der Waals surface area contributed by atoms with Crippen molar-refractivity contribution in [1.29, 1.82) is 0 Å². The molecule has 1 saturated carbocycles. The molecule has 7 nitrogen and oxygen atoms in total. The Morgan fingerprint density at radius 3 is 2.31 bits per heavy atom. The van der Waals surface area contributed by atoms with Crippen LogP contribution in [0.1, 0.15) is 12.8 Å². The molecule has 1 aromatic carbocycles. The maximum atomic E-state index is 14.5. The van der Waals surface area contributed by atoms with Gasteiger partial charge in [-0.2, -0.15) is 22.0 Å². The van der Waals surface area contributed by atoms with Crippen molar-refractivity contribution >= 4 is 26.7 Å². The number of sulfonamides is 1. The van der Waals surface area contributed by atoms with Crippen molar-refractivity contribution in [1.82, 2.24) is 14.5 Å². The van der Waals surface area contributed by atoms with E-state index in [0.717, 1.165) is 16.8 Å². The molecule has 188 valence electrons. The summed E-state index contributed by atoms with van der Waals surface area (Å²) in [6, 6.07) is 12.7. The minimum absolute atomic E-state index is 0.0113. The van der Waals surface area contributed by atoms with Crippen molar-refractivity contribution < 1.29 is 35.1 Å². The number of pyridine rings is 2. The lowest BCUT2D eigenvalue weighted by Crippen LogP contribution is -2.52. The average molecular weight is 524 g/mol. The molecule has 0 N–H and O–H groups in total. The van der Waals surface area contributed by atoms with Crippen LogP contribution in [0, 0.1) is 0 Å². The fraction of sp³-hybridized carbons (Fsp3) is 0.217. The Hall–Kier alpha value is -3.74. The number of aromatic nitrogens is 3. The number of hydrogen-bond acceptors (Lipinski definition) is 5. The van der Waals surface area contributed by atoms with Gasteiger partial charge in [-0.15, -0.1) is 0 Å². The van der Waals surface area contributed by atoms with Crippen LogP contribution in [0.3, 0.4) is 0 Å². The van der Waals surface area contributed by atoms with Gasteiger partial charge in [0, 0.05) is 24.0 Å². The highest BCUT2D eigenvalue weighted by atomic mass is 32.2. The molecule has 0 bridgehead atoms. The van der Waals surface area contributed by atoms with E-state index in [1.807, 2.05) is 0 Å². The molecule has 0 aliphatic heterocycles. The zero-order chi connectivity index (χ0) is 25.7. The highest BCUT2D eigenvalue weighted by Crippen LogP contribution is 2.59. The van der Waals surface area contributed by atoms with Gasteiger partial charge in [0.2, 0.25) is 0 Å². The molecular formula is C23H17F5N4O3S. The third kappa shape index (κ3) is 3.74. The largest absolute Gasteiger partial charge is 0.430 e. The molecule has 0 radical (unpaired) electrons. The summed E-state index contributed by atoms with van der Waals surface area (Å²) in [5.41, 5.74) is -2.76. The number of fused-ring (bicyclic) bond motifs is 1. The molecule has 1 fully saturated rings. The summed E-state index contributed by atoms with van der Waals surface area (Å²) in [7, 11) is -4.99. The summed E-state index contributed by atoms with van der Waals surface area (Å²) >= 11 is 0. The Balaban J connectivity index is 1.94. The number of halogens is 5. The second kappa shape index (κ2) is 8.43. The number of anilines is 1. The van der Waals surface area contributed by atoms with Gasteiger partial charge in [0.25, 0.3) is 10.0 Å². The summed E-state index contributed by atoms with van der Waals surface area (Å²) in [4.78, 5) is 7.35. The first-order chi connectivity index (χ1) is 17.1. The van der Waals surface area contributed by atoms with Crippen LogP contribution in [-0.2, 0) is 10.0 Å². The molecule has 5 rings (SSSR count). The first kappa shape index (κ1) is 24.0. The fourth-order valence-corrected chi connectivity index (χ4v) is 5.97. The quantitative estimate of drug-likeness (QED) is 0.306. The van der Waals surface area contributed by atoms with E-state index in [1.165, 1.54) is 54.9 Å². The Labute approximate surface area is 201 Å². The molecule has 4 aromatic rings. The van der Waals surface area contributed by atoms with Gasteiger partial charge >= 0.3 is 12.8 Å². The average Bonchev–Trinajstić information content (AvgIpc) is 3.60. The molecule has 3 heterocycles. The second-order valence-corrected chi connectivity index (χ2v) is 9.85. The van der Waals surface area contributed by atoms with Crippen LogP contribution in [0.2, 0.25) is 0 Å². The molecule has 0 spiro atoms. The number of para-hydroxylation sites is 1. The number of nitrogens with zero attached hydrogens (tertiary/aromatic N) is 4. The van der Waals surface area contributed by atoms with E-state index in [9.17, 15) is 30.4 Å². The van der Waals surface area contributed by atoms with Crippen molar-refractivity contribution in [3.05, 3.63) is 73.2 Å². The van der Waals surface area contributed by atoms with Gasteiger partial charge < -0.3 is 4.74 Å². The standard InChI is InChI=1S/C23H17F5N4O3S/c24-21(25)35-19-16-7-1-2-8-17(16)31(18-9-3-4-13-30-18)20(19)32(22(10-11-22)23(26,27)28)36(33,34)15-6-5-12-29-14-15/h1-9,12-14,21H,10-11H2. The number of ether oxygens (including phenoxy) is 1. The van der Waals surface area contributed by atoms with Crippen molar-refractivity contribution in [3.63, 3.8) is 0 Å². The molecule has 1 aliphatic rings. The van der Waals surface area contributed by atoms with Gasteiger partial charge in [0.05, 0.1) is 5.52 Å². The van der Waals surface area contributed by atoms with E-state index in [-0.39, 0.29) is 21.0 Å². The zero-order valence-electron chi connectivity index (χ0n) is 18.2. The molecule has 36 heavy (non-hydrogen) atoms.